The summed E-state index contributed by atoms with van der Waals surface area (Å²) in [6, 6.07) is 9.26. The molecule has 16 heavy (non-hydrogen) atoms. The van der Waals surface area contributed by atoms with E-state index in [-0.39, 0.29) is 18.1 Å². The lowest BCUT2D eigenvalue weighted by Gasteiger charge is -2.20. The number of rotatable bonds is 5. The van der Waals surface area contributed by atoms with Gasteiger partial charge in [-0.25, -0.2) is 0 Å². The number of carbonyl (C=O) groups is 2. The molecule has 0 saturated heterocycles. The molecule has 3 heteroatoms. The fourth-order valence-electron chi connectivity index (χ4n) is 1.40. The topological polar surface area (TPSA) is 37.4 Å². The number of amides is 1. The quantitative estimate of drug-likeness (QED) is 0.560. The van der Waals surface area contributed by atoms with Crippen LogP contribution in [-0.2, 0) is 9.59 Å². The van der Waals surface area contributed by atoms with Crippen LogP contribution < -0.4 is 4.90 Å². The molecular weight excluding hydrogens is 202 g/mol. The molecule has 84 valence electrons. The van der Waals surface area contributed by atoms with Gasteiger partial charge in [0.15, 0.2) is 0 Å². The maximum Gasteiger partial charge on any atom is 0.234 e. The molecule has 1 amide bonds. The molecule has 0 aliphatic heterocycles. The SMILES string of the molecule is C=CCN(C(=O)CC(C)=O)c1ccccc1. The summed E-state index contributed by atoms with van der Waals surface area (Å²) in [5.74, 6) is -0.325. The van der Waals surface area contributed by atoms with Crippen molar-refractivity contribution in [1.29, 1.82) is 0 Å². The first kappa shape index (κ1) is 12.2. The summed E-state index contributed by atoms with van der Waals surface area (Å²) in [6.45, 7) is 5.43. The van der Waals surface area contributed by atoms with Gasteiger partial charge >= 0.3 is 0 Å². The maximum absolute atomic E-state index is 11.8. The van der Waals surface area contributed by atoms with Crippen molar-refractivity contribution >= 4 is 17.4 Å². The van der Waals surface area contributed by atoms with E-state index in [0.29, 0.717) is 6.54 Å². The number of Topliss-reactive ketones (excluding diaryl/α,β-unsaturated/α-hetero) is 1. The second kappa shape index (κ2) is 5.85. The fraction of sp³-hybridized carbons (Fsp3) is 0.231. The van der Waals surface area contributed by atoms with Crippen LogP contribution in [0.25, 0.3) is 0 Å². The van der Waals surface area contributed by atoms with Gasteiger partial charge in [-0.2, -0.15) is 0 Å². The first-order valence-electron chi connectivity index (χ1n) is 5.11. The van der Waals surface area contributed by atoms with Crippen LogP contribution in [0.5, 0.6) is 0 Å². The highest BCUT2D eigenvalue weighted by atomic mass is 16.2. The van der Waals surface area contributed by atoms with Crippen molar-refractivity contribution in [2.75, 3.05) is 11.4 Å². The molecule has 0 fully saturated rings. The summed E-state index contributed by atoms with van der Waals surface area (Å²) < 4.78 is 0. The van der Waals surface area contributed by atoms with Crippen molar-refractivity contribution in [3.8, 4) is 0 Å². The Labute approximate surface area is 95.4 Å². The van der Waals surface area contributed by atoms with Crippen LogP contribution in [0.1, 0.15) is 13.3 Å². The highest BCUT2D eigenvalue weighted by Gasteiger charge is 2.15. The molecule has 3 nitrogen and oxygen atoms in total. The third-order valence-electron chi connectivity index (χ3n) is 2.08. The van der Waals surface area contributed by atoms with Crippen molar-refractivity contribution in [1.82, 2.24) is 0 Å². The van der Waals surface area contributed by atoms with Gasteiger partial charge in [0, 0.05) is 12.2 Å². The van der Waals surface area contributed by atoms with Crippen LogP contribution in [-0.4, -0.2) is 18.2 Å². The number of benzene rings is 1. The minimum absolute atomic E-state index is 0.0667. The molecule has 0 saturated carbocycles. The molecule has 0 unspecified atom stereocenters. The van der Waals surface area contributed by atoms with Gasteiger partial charge < -0.3 is 4.90 Å². The largest absolute Gasteiger partial charge is 0.308 e. The van der Waals surface area contributed by atoms with Crippen molar-refractivity contribution in [3.05, 3.63) is 43.0 Å². The van der Waals surface area contributed by atoms with E-state index >= 15 is 0 Å². The molecule has 0 bridgehead atoms. The molecule has 0 N–H and O–H groups in total. The minimum atomic E-state index is -0.196. The summed E-state index contributed by atoms with van der Waals surface area (Å²) >= 11 is 0. The molecule has 0 spiro atoms. The molecule has 0 aliphatic carbocycles. The van der Waals surface area contributed by atoms with Crippen LogP contribution in [0.3, 0.4) is 0 Å². The Morgan fingerprint density at radius 2 is 1.94 bits per heavy atom. The fourth-order valence-corrected chi connectivity index (χ4v) is 1.40. The van der Waals surface area contributed by atoms with E-state index in [1.165, 1.54) is 6.92 Å². The van der Waals surface area contributed by atoms with E-state index in [9.17, 15) is 9.59 Å². The zero-order valence-corrected chi connectivity index (χ0v) is 9.35. The lowest BCUT2D eigenvalue weighted by atomic mass is 10.2. The average molecular weight is 217 g/mol. The number of hydrogen-bond acceptors (Lipinski definition) is 2. The van der Waals surface area contributed by atoms with Crippen molar-refractivity contribution in [2.24, 2.45) is 0 Å². The molecule has 1 aromatic rings. The van der Waals surface area contributed by atoms with Gasteiger partial charge in [0.1, 0.15) is 5.78 Å². The van der Waals surface area contributed by atoms with Gasteiger partial charge in [-0.05, 0) is 19.1 Å². The Balaban J connectivity index is 2.86. The van der Waals surface area contributed by atoms with Crippen LogP contribution in [0, 0.1) is 0 Å². The lowest BCUT2D eigenvalue weighted by molar-refractivity contribution is -0.125. The van der Waals surface area contributed by atoms with Gasteiger partial charge in [-0.3, -0.25) is 9.59 Å². The number of para-hydroxylation sites is 1. The standard InChI is InChI=1S/C13H15NO2/c1-3-9-14(13(16)10-11(2)15)12-7-5-4-6-8-12/h3-8H,1,9-10H2,2H3. The summed E-state index contributed by atoms with van der Waals surface area (Å²) in [7, 11) is 0. The van der Waals surface area contributed by atoms with Gasteiger partial charge in [-0.1, -0.05) is 24.3 Å². The predicted molar refractivity (Wildman–Crippen MR) is 64.3 cm³/mol. The first-order chi connectivity index (χ1) is 7.65. The Hall–Kier alpha value is -1.90. The Morgan fingerprint density at radius 3 is 2.44 bits per heavy atom. The zero-order chi connectivity index (χ0) is 12.0. The predicted octanol–water partition coefficient (Wildman–Crippen LogP) is 2.18. The number of hydrogen-bond donors (Lipinski definition) is 0. The van der Waals surface area contributed by atoms with E-state index in [1.807, 2.05) is 30.3 Å². The number of ketones is 1. The smallest absolute Gasteiger partial charge is 0.234 e. The lowest BCUT2D eigenvalue weighted by Crippen LogP contribution is -2.32. The first-order valence-corrected chi connectivity index (χ1v) is 5.11. The molecule has 0 aliphatic rings. The molecule has 1 rings (SSSR count). The third-order valence-corrected chi connectivity index (χ3v) is 2.08. The maximum atomic E-state index is 11.8. The Kier molecular flexibility index (Phi) is 4.45. The molecule has 1 aromatic carbocycles. The van der Waals surface area contributed by atoms with Crippen LogP contribution in [0.15, 0.2) is 43.0 Å². The van der Waals surface area contributed by atoms with E-state index in [1.54, 1.807) is 11.0 Å². The van der Waals surface area contributed by atoms with Gasteiger partial charge in [0.2, 0.25) is 5.91 Å². The van der Waals surface area contributed by atoms with Crippen LogP contribution >= 0.6 is 0 Å². The molecule has 0 atom stereocenters. The molecule has 0 aromatic heterocycles. The zero-order valence-electron chi connectivity index (χ0n) is 9.35. The summed E-state index contributed by atoms with van der Waals surface area (Å²) in [4.78, 5) is 24.3. The summed E-state index contributed by atoms with van der Waals surface area (Å²) in [6.07, 6.45) is 1.58. The molecule has 0 heterocycles. The normalized spacial score (nSPS) is 9.56. The average Bonchev–Trinajstić information content (AvgIpc) is 2.26. The Morgan fingerprint density at radius 1 is 1.31 bits per heavy atom. The van der Waals surface area contributed by atoms with E-state index in [0.717, 1.165) is 5.69 Å². The third kappa shape index (κ3) is 3.35. The summed E-state index contributed by atoms with van der Waals surface area (Å²) in [5.41, 5.74) is 0.786. The second-order valence-electron chi connectivity index (χ2n) is 3.51. The number of anilines is 1. The monoisotopic (exact) mass is 217 g/mol. The number of nitrogens with zero attached hydrogens (tertiary/aromatic N) is 1. The van der Waals surface area contributed by atoms with Crippen molar-refractivity contribution in [3.63, 3.8) is 0 Å². The highest BCUT2D eigenvalue weighted by Crippen LogP contribution is 2.14. The van der Waals surface area contributed by atoms with E-state index in [4.69, 9.17) is 0 Å². The Bertz CT molecular complexity index is 384. The van der Waals surface area contributed by atoms with Gasteiger partial charge in [0.05, 0.1) is 6.42 Å². The number of carbonyl (C=O) groups excluding carboxylic acids is 2. The van der Waals surface area contributed by atoms with E-state index in [2.05, 4.69) is 6.58 Å². The van der Waals surface area contributed by atoms with E-state index < -0.39 is 0 Å². The highest BCUT2D eigenvalue weighted by molar-refractivity contribution is 6.05. The van der Waals surface area contributed by atoms with Crippen molar-refractivity contribution in [2.45, 2.75) is 13.3 Å². The second-order valence-corrected chi connectivity index (χ2v) is 3.51. The van der Waals surface area contributed by atoms with Crippen LogP contribution in [0.4, 0.5) is 5.69 Å². The van der Waals surface area contributed by atoms with Crippen LogP contribution in [0.2, 0.25) is 0 Å². The summed E-state index contributed by atoms with van der Waals surface area (Å²) in [5, 5.41) is 0. The van der Waals surface area contributed by atoms with Gasteiger partial charge in [0.25, 0.3) is 0 Å². The van der Waals surface area contributed by atoms with Crippen molar-refractivity contribution < 1.29 is 9.59 Å². The minimum Gasteiger partial charge on any atom is -0.308 e. The van der Waals surface area contributed by atoms with Gasteiger partial charge in [-0.15, -0.1) is 6.58 Å². The molecule has 0 radical (unpaired) electrons. The molecular formula is C13H15NO2.